The summed E-state index contributed by atoms with van der Waals surface area (Å²) in [7, 11) is 0. The molecule has 0 spiro atoms. The van der Waals surface area contributed by atoms with E-state index in [-0.39, 0.29) is 11.0 Å². The molecule has 0 unspecified atom stereocenters. The molecule has 2 aromatic rings. The van der Waals surface area contributed by atoms with Gasteiger partial charge in [-0.1, -0.05) is 0 Å². The quantitative estimate of drug-likeness (QED) is 0.711. The molecule has 0 atom stereocenters. The van der Waals surface area contributed by atoms with Crippen LogP contribution < -0.4 is 4.37 Å². The first-order valence-electron chi connectivity index (χ1n) is 5.57. The van der Waals surface area contributed by atoms with E-state index in [0.29, 0.717) is 5.92 Å². The fraction of sp³-hybridized carbons (Fsp3) is 0.231. The first-order valence-corrected chi connectivity index (χ1v) is 5.57. The average molecular weight is 240 g/mol. The Morgan fingerprint density at radius 3 is 2.11 bits per heavy atom. The van der Waals surface area contributed by atoms with E-state index >= 15 is 0 Å². The number of aromatic nitrogens is 2. The summed E-state index contributed by atoms with van der Waals surface area (Å²) >= 11 is 1.98. The summed E-state index contributed by atoms with van der Waals surface area (Å²) in [6.45, 7) is 4.39. The number of nitrogens with zero attached hydrogens (tertiary/aromatic N) is 2. The van der Waals surface area contributed by atoms with Crippen molar-refractivity contribution in [3.63, 3.8) is 0 Å². The Balaban J connectivity index is 0.00000144. The Kier molecular flexibility index (Phi) is 6.82. The Bertz CT molecular complexity index is 487. The SMILES string of the molecule is O.O.[Li][c]1ccnc(-c2ccc(C(C)C)cc2)n1. The van der Waals surface area contributed by atoms with E-state index in [9.17, 15) is 0 Å². The number of hydrogen-bond acceptors (Lipinski definition) is 2. The third-order valence-corrected chi connectivity index (χ3v) is 2.63. The molecule has 0 aliphatic rings. The summed E-state index contributed by atoms with van der Waals surface area (Å²) in [5.74, 6) is 1.36. The van der Waals surface area contributed by atoms with Gasteiger partial charge in [-0.15, -0.1) is 0 Å². The van der Waals surface area contributed by atoms with Crippen LogP contribution >= 0.6 is 0 Å². The van der Waals surface area contributed by atoms with Crippen molar-refractivity contribution < 1.29 is 11.0 Å². The van der Waals surface area contributed by atoms with Gasteiger partial charge in [-0.3, -0.25) is 0 Å². The molecule has 0 amide bonds. The molecule has 0 aliphatic heterocycles. The van der Waals surface area contributed by atoms with Crippen LogP contribution in [0.15, 0.2) is 36.5 Å². The van der Waals surface area contributed by atoms with Crippen molar-refractivity contribution in [1.29, 1.82) is 0 Å². The van der Waals surface area contributed by atoms with Gasteiger partial charge in [0.15, 0.2) is 0 Å². The van der Waals surface area contributed by atoms with Crippen molar-refractivity contribution in [2.24, 2.45) is 0 Å². The van der Waals surface area contributed by atoms with Crippen LogP contribution in [0.5, 0.6) is 0 Å². The molecule has 2 rings (SSSR count). The van der Waals surface area contributed by atoms with E-state index in [1.807, 2.05) is 23.8 Å². The Morgan fingerprint density at radius 2 is 1.61 bits per heavy atom. The third-order valence-electron chi connectivity index (χ3n) is 2.63. The summed E-state index contributed by atoms with van der Waals surface area (Å²) in [5.41, 5.74) is 2.42. The van der Waals surface area contributed by atoms with Gasteiger partial charge in [-0.25, -0.2) is 0 Å². The van der Waals surface area contributed by atoms with Crippen LogP contribution in [0.3, 0.4) is 0 Å². The van der Waals surface area contributed by atoms with E-state index in [4.69, 9.17) is 0 Å². The molecule has 18 heavy (non-hydrogen) atoms. The van der Waals surface area contributed by atoms with Gasteiger partial charge >= 0.3 is 105 Å². The van der Waals surface area contributed by atoms with E-state index in [1.54, 1.807) is 6.20 Å². The molecule has 5 heteroatoms. The van der Waals surface area contributed by atoms with Gasteiger partial charge in [0.2, 0.25) is 0 Å². The van der Waals surface area contributed by atoms with Gasteiger partial charge in [0.05, 0.1) is 0 Å². The Morgan fingerprint density at radius 1 is 1.00 bits per heavy atom. The third kappa shape index (κ3) is 3.93. The molecular weight excluding hydrogens is 223 g/mol. The topological polar surface area (TPSA) is 88.8 Å². The van der Waals surface area contributed by atoms with Crippen molar-refractivity contribution in [2.45, 2.75) is 19.8 Å². The van der Waals surface area contributed by atoms with Crippen molar-refractivity contribution in [2.75, 3.05) is 0 Å². The monoisotopic (exact) mass is 240 g/mol. The van der Waals surface area contributed by atoms with Gasteiger partial charge in [-0.2, -0.15) is 0 Å². The molecular formula is C13H17LiN2O2. The summed E-state index contributed by atoms with van der Waals surface area (Å²) in [5, 5.41) is 0. The van der Waals surface area contributed by atoms with Crippen molar-refractivity contribution in [1.82, 2.24) is 9.97 Å². The summed E-state index contributed by atoms with van der Waals surface area (Å²) in [6, 6.07) is 10.4. The Labute approximate surface area is 116 Å². The van der Waals surface area contributed by atoms with Gasteiger partial charge in [0, 0.05) is 0 Å². The molecule has 1 aromatic heterocycles. The standard InChI is InChI=1S/C13H13N2.Li.2H2O/c1-10(2)11-4-6-12(7-5-11)13-14-8-3-9-15-13;;;/h3-8,10H,1-2H3;;2*1H2. The second-order valence-corrected chi connectivity index (χ2v) is 4.30. The van der Waals surface area contributed by atoms with Crippen LogP contribution in [0.2, 0.25) is 0 Å². The van der Waals surface area contributed by atoms with Crippen molar-refractivity contribution >= 4 is 22.1 Å². The molecule has 1 aromatic carbocycles. The maximum atomic E-state index is 4.41. The van der Waals surface area contributed by atoms with E-state index in [2.05, 4.69) is 48.1 Å². The van der Waals surface area contributed by atoms with Crippen LogP contribution in [-0.2, 0) is 0 Å². The molecule has 0 saturated carbocycles. The van der Waals surface area contributed by atoms with Gasteiger partial charge in [-0.05, 0) is 0 Å². The molecule has 92 valence electrons. The molecule has 0 bridgehead atoms. The minimum absolute atomic E-state index is 0. The number of hydrogen-bond donors (Lipinski definition) is 0. The first kappa shape index (κ1) is 16.8. The predicted molar refractivity (Wildman–Crippen MR) is 74.2 cm³/mol. The van der Waals surface area contributed by atoms with Crippen molar-refractivity contribution in [3.8, 4) is 11.4 Å². The zero-order valence-electron chi connectivity index (χ0n) is 10.9. The van der Waals surface area contributed by atoms with Crippen LogP contribution in [0.4, 0.5) is 0 Å². The normalized spacial score (nSPS) is 9.61. The zero-order valence-corrected chi connectivity index (χ0v) is 10.9. The second kappa shape index (κ2) is 7.30. The summed E-state index contributed by atoms with van der Waals surface area (Å²) < 4.78 is 0.998. The number of rotatable bonds is 2. The molecule has 0 saturated heterocycles. The first-order chi connectivity index (χ1) is 7.66. The minimum atomic E-state index is 0. The number of benzene rings is 1. The van der Waals surface area contributed by atoms with Crippen LogP contribution in [0.25, 0.3) is 11.4 Å². The fourth-order valence-corrected chi connectivity index (χ4v) is 1.61. The van der Waals surface area contributed by atoms with Crippen LogP contribution in [0, 0.1) is 0 Å². The molecule has 0 fully saturated rings. The Hall–Kier alpha value is -1.18. The molecule has 0 radical (unpaired) electrons. The van der Waals surface area contributed by atoms with Gasteiger partial charge in [0.1, 0.15) is 0 Å². The van der Waals surface area contributed by atoms with Crippen molar-refractivity contribution in [3.05, 3.63) is 42.1 Å². The summed E-state index contributed by atoms with van der Waals surface area (Å²) in [4.78, 5) is 8.68. The average Bonchev–Trinajstić information content (AvgIpc) is 2.29. The van der Waals surface area contributed by atoms with Crippen LogP contribution in [-0.4, -0.2) is 38.6 Å². The summed E-state index contributed by atoms with van der Waals surface area (Å²) in [6.07, 6.45) is 1.80. The molecule has 1 heterocycles. The van der Waals surface area contributed by atoms with E-state index in [1.165, 1.54) is 5.56 Å². The van der Waals surface area contributed by atoms with Crippen LogP contribution in [0.1, 0.15) is 25.3 Å². The predicted octanol–water partition coefficient (Wildman–Crippen LogP) is 0.411. The molecule has 0 aliphatic carbocycles. The molecule has 4 N–H and O–H groups in total. The second-order valence-electron chi connectivity index (χ2n) is 4.30. The molecule has 4 nitrogen and oxygen atoms in total. The van der Waals surface area contributed by atoms with Gasteiger partial charge in [0.25, 0.3) is 0 Å². The van der Waals surface area contributed by atoms with E-state index < -0.39 is 0 Å². The van der Waals surface area contributed by atoms with Gasteiger partial charge < -0.3 is 11.0 Å². The zero-order chi connectivity index (χ0) is 11.5. The van der Waals surface area contributed by atoms with E-state index in [0.717, 1.165) is 15.8 Å². The fourth-order valence-electron chi connectivity index (χ4n) is 1.61. The maximum absolute atomic E-state index is 4.41.